The summed E-state index contributed by atoms with van der Waals surface area (Å²) in [6.45, 7) is 9.66. The third-order valence-corrected chi connectivity index (χ3v) is 7.32. The third-order valence-electron chi connectivity index (χ3n) is 4.61. The zero-order chi connectivity index (χ0) is 20.1. The summed E-state index contributed by atoms with van der Waals surface area (Å²) < 4.78 is 0. The second kappa shape index (κ2) is 16.6. The Morgan fingerprint density at radius 1 is 0.607 bits per heavy atom. The monoisotopic (exact) mass is 509 g/mol. The van der Waals surface area contributed by atoms with Crippen LogP contribution in [0.2, 0.25) is 0 Å². The van der Waals surface area contributed by atoms with Crippen LogP contribution < -0.4 is 11.5 Å². The summed E-state index contributed by atoms with van der Waals surface area (Å²) in [7, 11) is 0.146. The van der Waals surface area contributed by atoms with Crippen LogP contribution >= 0.6 is 15.8 Å². The van der Waals surface area contributed by atoms with Gasteiger partial charge in [0.15, 0.2) is 0 Å². The molecule has 1 radical (unpaired) electrons. The van der Waals surface area contributed by atoms with E-state index in [1.54, 1.807) is 0 Å². The first-order valence-electron chi connectivity index (χ1n) is 10.1. The topological polar surface area (TPSA) is 52.0 Å². The van der Waals surface area contributed by atoms with Gasteiger partial charge < -0.3 is 11.5 Å². The van der Waals surface area contributed by atoms with E-state index in [9.17, 15) is 0 Å². The number of hydrogen-bond acceptors (Lipinski definition) is 2. The molecule has 2 atom stereocenters. The molecule has 2 nitrogen and oxygen atoms in total. The van der Waals surface area contributed by atoms with E-state index in [1.807, 2.05) is 60.7 Å². The fraction of sp³-hybridized carbons (Fsp3) is 0.478. The Morgan fingerprint density at radius 3 is 1.21 bits per heavy atom. The van der Waals surface area contributed by atoms with Crippen LogP contribution in [0.5, 0.6) is 0 Å². The van der Waals surface area contributed by atoms with Crippen LogP contribution in [0, 0.1) is 0 Å². The summed E-state index contributed by atoms with van der Waals surface area (Å²) in [5.41, 5.74) is 14.4. The number of nitrogens with two attached hydrogens (primary N) is 2. The minimum Gasteiger partial charge on any atom is -0.322 e. The Bertz CT molecular complexity index is 541. The smallest absolute Gasteiger partial charge is 0.322 e. The van der Waals surface area contributed by atoms with E-state index < -0.39 is 0 Å². The molecule has 2 aromatic carbocycles. The minimum atomic E-state index is -0.163. The van der Waals surface area contributed by atoms with Gasteiger partial charge in [-0.1, -0.05) is 60.7 Å². The quantitative estimate of drug-likeness (QED) is 0.267. The molecule has 0 saturated carbocycles. The zero-order valence-corrected chi connectivity index (χ0v) is 21.6. The molecular formula is C23H40N2P2Rh+4. The van der Waals surface area contributed by atoms with Gasteiger partial charge in [0.1, 0.15) is 0 Å². The molecule has 2 rings (SSSR count). The molecule has 0 aliphatic rings. The molecule has 0 aliphatic carbocycles. The zero-order valence-electron chi connectivity index (χ0n) is 18.0. The van der Waals surface area contributed by atoms with Crippen molar-refractivity contribution in [3.63, 3.8) is 0 Å². The van der Waals surface area contributed by atoms with Gasteiger partial charge in [-0.25, -0.2) is 0 Å². The standard InChI is InChI=1S/C14H16N2.C9H22P2.Rh/c15-13(11-7-3-1-4-8-11)14(16)12-9-5-2-6-10-12;1-10(2)8-6-5-7-9-11(3)4;/h1-10,13-14H,15-16H2;5-9H2,1-4H3;/q;;+2/p+2. The van der Waals surface area contributed by atoms with Crippen LogP contribution in [0.15, 0.2) is 60.7 Å². The average molecular weight is 509 g/mol. The van der Waals surface area contributed by atoms with Crippen LogP contribution in [0.25, 0.3) is 0 Å². The summed E-state index contributed by atoms with van der Waals surface area (Å²) in [5, 5.41) is 0. The molecule has 2 aromatic rings. The molecule has 0 saturated heterocycles. The fourth-order valence-electron chi connectivity index (χ4n) is 2.90. The van der Waals surface area contributed by atoms with E-state index in [1.165, 1.54) is 31.6 Å². The van der Waals surface area contributed by atoms with Crippen molar-refractivity contribution < 1.29 is 19.5 Å². The summed E-state index contributed by atoms with van der Waals surface area (Å²) in [5.74, 6) is 0. The summed E-state index contributed by atoms with van der Waals surface area (Å²) in [6.07, 6.45) is 7.54. The van der Waals surface area contributed by atoms with Gasteiger partial charge in [-0.3, -0.25) is 0 Å². The van der Waals surface area contributed by atoms with Crippen molar-refractivity contribution in [3.8, 4) is 0 Å². The van der Waals surface area contributed by atoms with Crippen LogP contribution in [-0.2, 0) is 19.5 Å². The van der Waals surface area contributed by atoms with Gasteiger partial charge in [-0.15, -0.1) is 0 Å². The molecule has 0 spiro atoms. The molecule has 0 fully saturated rings. The summed E-state index contributed by atoms with van der Waals surface area (Å²) >= 11 is 0. The van der Waals surface area contributed by atoms with E-state index in [0.29, 0.717) is 0 Å². The van der Waals surface area contributed by atoms with Crippen molar-refractivity contribution in [1.82, 2.24) is 0 Å². The Balaban J connectivity index is 0.000000541. The summed E-state index contributed by atoms with van der Waals surface area (Å²) in [4.78, 5) is 0. The largest absolute Gasteiger partial charge is 2.00 e. The minimum absolute atomic E-state index is 0. The Morgan fingerprint density at radius 2 is 0.929 bits per heavy atom. The van der Waals surface area contributed by atoms with Crippen molar-refractivity contribution in [1.29, 1.82) is 0 Å². The van der Waals surface area contributed by atoms with E-state index in [2.05, 4.69) is 26.7 Å². The first-order valence-corrected chi connectivity index (χ1v) is 15.5. The van der Waals surface area contributed by atoms with Crippen LogP contribution in [0.3, 0.4) is 0 Å². The number of rotatable bonds is 9. The molecule has 4 N–H and O–H groups in total. The molecule has 5 heteroatoms. The predicted octanol–water partition coefficient (Wildman–Crippen LogP) is 5.49. The molecule has 2 unspecified atom stereocenters. The van der Waals surface area contributed by atoms with Gasteiger partial charge >= 0.3 is 19.5 Å². The third kappa shape index (κ3) is 12.4. The van der Waals surface area contributed by atoms with Gasteiger partial charge in [0.05, 0.1) is 12.3 Å². The van der Waals surface area contributed by atoms with Gasteiger partial charge in [-0.05, 0) is 46.2 Å². The van der Waals surface area contributed by atoms with Crippen LogP contribution in [-0.4, -0.2) is 39.0 Å². The van der Waals surface area contributed by atoms with E-state index in [-0.39, 0.29) is 47.4 Å². The average Bonchev–Trinajstić information content (AvgIpc) is 2.68. The molecule has 28 heavy (non-hydrogen) atoms. The molecule has 0 bridgehead atoms. The SMILES string of the molecule is C[PH+](C)CCCCC[PH+](C)C.NC(c1ccccc1)C(N)c1ccccc1.[Rh+2]. The van der Waals surface area contributed by atoms with Crippen molar-refractivity contribution in [3.05, 3.63) is 71.8 Å². The first-order chi connectivity index (χ1) is 12.9. The second-order valence-electron chi connectivity index (χ2n) is 7.85. The van der Waals surface area contributed by atoms with Crippen LogP contribution in [0.4, 0.5) is 0 Å². The number of unbranched alkanes of at least 4 members (excludes halogenated alkanes) is 2. The Labute approximate surface area is 188 Å². The fourth-order valence-corrected chi connectivity index (χ4v) is 4.81. The second-order valence-corrected chi connectivity index (χ2v) is 13.7. The normalized spacial score (nSPS) is 12.7. The Hall–Kier alpha value is -0.157. The van der Waals surface area contributed by atoms with E-state index in [0.717, 1.165) is 11.1 Å². The first kappa shape index (κ1) is 27.8. The van der Waals surface area contributed by atoms with Gasteiger partial charge in [0.2, 0.25) is 0 Å². The van der Waals surface area contributed by atoms with Crippen molar-refractivity contribution in [2.45, 2.75) is 31.3 Å². The molecule has 0 heterocycles. The number of benzene rings is 2. The summed E-state index contributed by atoms with van der Waals surface area (Å²) in [6, 6.07) is 19.6. The number of hydrogen-bond donors (Lipinski definition) is 2. The van der Waals surface area contributed by atoms with E-state index >= 15 is 0 Å². The maximum atomic E-state index is 6.15. The van der Waals surface area contributed by atoms with Gasteiger partial charge in [0, 0.05) is 38.7 Å². The molecular weight excluding hydrogens is 469 g/mol. The maximum Gasteiger partial charge on any atom is 2.00 e. The maximum absolute atomic E-state index is 6.15. The molecule has 0 aromatic heterocycles. The molecule has 157 valence electrons. The predicted molar refractivity (Wildman–Crippen MR) is 131 cm³/mol. The van der Waals surface area contributed by atoms with Crippen molar-refractivity contribution in [2.24, 2.45) is 11.5 Å². The van der Waals surface area contributed by atoms with Crippen molar-refractivity contribution >= 4 is 15.8 Å². The van der Waals surface area contributed by atoms with Gasteiger partial charge in [-0.2, -0.15) is 0 Å². The van der Waals surface area contributed by atoms with E-state index in [4.69, 9.17) is 11.5 Å². The van der Waals surface area contributed by atoms with Gasteiger partial charge in [0.25, 0.3) is 0 Å². The van der Waals surface area contributed by atoms with Crippen molar-refractivity contribution in [2.75, 3.05) is 39.0 Å². The molecule has 0 aliphatic heterocycles. The molecule has 0 amide bonds. The Kier molecular flexibility index (Phi) is 16.5. The van der Waals surface area contributed by atoms with Crippen LogP contribution in [0.1, 0.15) is 42.5 Å².